The summed E-state index contributed by atoms with van der Waals surface area (Å²) < 4.78 is 18.9. The molecule has 0 aromatic heterocycles. The van der Waals surface area contributed by atoms with Crippen molar-refractivity contribution in [2.24, 2.45) is 0 Å². The highest BCUT2D eigenvalue weighted by Crippen LogP contribution is 2.36. The summed E-state index contributed by atoms with van der Waals surface area (Å²) in [5, 5.41) is 13.9. The van der Waals surface area contributed by atoms with Crippen LogP contribution in [0.2, 0.25) is 0 Å². The molecule has 2 aromatic rings. The first-order valence-electron chi connectivity index (χ1n) is 8.92. The van der Waals surface area contributed by atoms with Crippen LogP contribution >= 0.6 is 0 Å². The van der Waals surface area contributed by atoms with E-state index in [1.54, 1.807) is 25.3 Å². The summed E-state index contributed by atoms with van der Waals surface area (Å²) in [4.78, 5) is 12.2. The van der Waals surface area contributed by atoms with E-state index in [0.717, 1.165) is 29.7 Å². The number of hydrogen-bond acceptors (Lipinski definition) is 3. The van der Waals surface area contributed by atoms with E-state index in [1.165, 1.54) is 6.07 Å². The third kappa shape index (κ3) is 4.05. The molecule has 0 radical (unpaired) electrons. The van der Waals surface area contributed by atoms with Crippen molar-refractivity contribution in [2.75, 3.05) is 13.7 Å². The molecule has 1 amide bonds. The van der Waals surface area contributed by atoms with Gasteiger partial charge in [0.05, 0.1) is 13.7 Å². The van der Waals surface area contributed by atoms with E-state index in [0.29, 0.717) is 18.4 Å². The first kappa shape index (κ1) is 18.4. The van der Waals surface area contributed by atoms with Crippen LogP contribution < -0.4 is 10.1 Å². The number of rotatable bonds is 6. The predicted octanol–water partition coefficient (Wildman–Crippen LogP) is 3.11. The normalized spacial score (nSPS) is 18.9. The summed E-state index contributed by atoms with van der Waals surface area (Å²) >= 11 is 0. The van der Waals surface area contributed by atoms with E-state index in [2.05, 4.69) is 5.32 Å². The van der Waals surface area contributed by atoms with Gasteiger partial charge >= 0.3 is 0 Å². The molecule has 0 saturated carbocycles. The Hall–Kier alpha value is -2.40. The summed E-state index contributed by atoms with van der Waals surface area (Å²) in [6.45, 7) is 0.155. The number of halogens is 1. The third-order valence-electron chi connectivity index (χ3n) is 5.01. The fraction of sp³-hybridized carbons (Fsp3) is 0.381. The van der Waals surface area contributed by atoms with E-state index in [4.69, 9.17) is 4.74 Å². The van der Waals surface area contributed by atoms with Gasteiger partial charge in [-0.3, -0.25) is 4.79 Å². The Morgan fingerprint density at radius 2 is 2.12 bits per heavy atom. The van der Waals surface area contributed by atoms with Gasteiger partial charge in [-0.15, -0.1) is 0 Å². The van der Waals surface area contributed by atoms with Gasteiger partial charge in [0.15, 0.2) is 0 Å². The number of methoxy groups -OCH3 is 1. The van der Waals surface area contributed by atoms with Gasteiger partial charge in [-0.2, -0.15) is 0 Å². The van der Waals surface area contributed by atoms with Crippen molar-refractivity contribution in [1.82, 2.24) is 5.32 Å². The van der Waals surface area contributed by atoms with E-state index >= 15 is 0 Å². The van der Waals surface area contributed by atoms with Gasteiger partial charge in [-0.25, -0.2) is 4.39 Å². The number of hydrogen-bond donors (Lipinski definition) is 2. The van der Waals surface area contributed by atoms with E-state index in [-0.39, 0.29) is 24.7 Å². The first-order valence-corrected chi connectivity index (χ1v) is 8.92. The van der Waals surface area contributed by atoms with Crippen molar-refractivity contribution in [3.05, 3.63) is 65.0 Å². The lowest BCUT2D eigenvalue weighted by molar-refractivity contribution is -0.122. The SMILES string of the molecule is COc1ccc2c(c1)CCCC2(O)CNC(=O)CCc1ccccc1F. The number of aliphatic hydroxyl groups is 1. The number of benzene rings is 2. The average molecular weight is 357 g/mol. The van der Waals surface area contributed by atoms with Gasteiger partial charge in [0.1, 0.15) is 17.2 Å². The number of ether oxygens (including phenoxy) is 1. The quantitative estimate of drug-likeness (QED) is 0.835. The fourth-order valence-electron chi connectivity index (χ4n) is 3.53. The zero-order chi connectivity index (χ0) is 18.6. The van der Waals surface area contributed by atoms with Crippen LogP contribution in [0.15, 0.2) is 42.5 Å². The highest BCUT2D eigenvalue weighted by Gasteiger charge is 2.34. The molecule has 2 aromatic carbocycles. The minimum absolute atomic E-state index is 0.155. The maximum Gasteiger partial charge on any atom is 0.220 e. The molecule has 138 valence electrons. The Balaban J connectivity index is 1.61. The molecule has 26 heavy (non-hydrogen) atoms. The lowest BCUT2D eigenvalue weighted by atomic mass is 9.79. The molecule has 1 aliphatic rings. The molecule has 0 aliphatic heterocycles. The second-order valence-electron chi connectivity index (χ2n) is 6.78. The molecule has 1 atom stereocenters. The number of amides is 1. The number of nitrogens with one attached hydrogen (secondary N) is 1. The molecule has 0 bridgehead atoms. The maximum absolute atomic E-state index is 13.6. The number of carbonyl (C=O) groups excluding carboxylic acids is 1. The average Bonchev–Trinajstić information content (AvgIpc) is 2.65. The number of fused-ring (bicyclic) bond motifs is 1. The smallest absolute Gasteiger partial charge is 0.220 e. The van der Waals surface area contributed by atoms with Gasteiger partial charge in [-0.05, 0) is 60.6 Å². The minimum Gasteiger partial charge on any atom is -0.497 e. The summed E-state index contributed by atoms with van der Waals surface area (Å²) in [5.74, 6) is 0.276. The van der Waals surface area contributed by atoms with Gasteiger partial charge < -0.3 is 15.2 Å². The maximum atomic E-state index is 13.6. The molecule has 5 heteroatoms. The summed E-state index contributed by atoms with van der Waals surface area (Å²) in [7, 11) is 1.62. The topological polar surface area (TPSA) is 58.6 Å². The number of aryl methyl sites for hydroxylation is 2. The molecular weight excluding hydrogens is 333 g/mol. The van der Waals surface area contributed by atoms with Crippen LogP contribution in [0.25, 0.3) is 0 Å². The van der Waals surface area contributed by atoms with E-state index in [9.17, 15) is 14.3 Å². The van der Waals surface area contributed by atoms with Crippen LogP contribution in [0, 0.1) is 5.82 Å². The largest absolute Gasteiger partial charge is 0.497 e. The van der Waals surface area contributed by atoms with Crippen molar-refractivity contribution in [3.63, 3.8) is 0 Å². The lowest BCUT2D eigenvalue weighted by Crippen LogP contribution is -2.43. The molecule has 4 nitrogen and oxygen atoms in total. The highest BCUT2D eigenvalue weighted by atomic mass is 19.1. The Bertz CT molecular complexity index is 793. The molecular formula is C21H24FNO3. The van der Waals surface area contributed by atoms with Crippen LogP contribution in [-0.4, -0.2) is 24.7 Å². The van der Waals surface area contributed by atoms with Crippen molar-refractivity contribution in [2.45, 2.75) is 37.7 Å². The minimum atomic E-state index is -1.08. The van der Waals surface area contributed by atoms with Crippen LogP contribution in [-0.2, 0) is 23.2 Å². The fourth-order valence-corrected chi connectivity index (χ4v) is 3.53. The predicted molar refractivity (Wildman–Crippen MR) is 97.6 cm³/mol. The van der Waals surface area contributed by atoms with Crippen molar-refractivity contribution < 1.29 is 19.0 Å². The Morgan fingerprint density at radius 3 is 2.88 bits per heavy atom. The molecule has 2 N–H and O–H groups in total. The van der Waals surface area contributed by atoms with E-state index < -0.39 is 5.60 Å². The molecule has 1 unspecified atom stereocenters. The highest BCUT2D eigenvalue weighted by molar-refractivity contribution is 5.76. The van der Waals surface area contributed by atoms with Gasteiger partial charge in [0.2, 0.25) is 5.91 Å². The standard InChI is InChI=1S/C21H24FNO3/c1-26-17-9-10-18-16(13-17)6-4-12-21(18,25)14-23-20(24)11-8-15-5-2-3-7-19(15)22/h2-3,5,7,9-10,13,25H,4,6,8,11-12,14H2,1H3,(H,23,24). The summed E-state index contributed by atoms with van der Waals surface area (Å²) in [6, 6.07) is 12.1. The van der Waals surface area contributed by atoms with Gasteiger partial charge in [0.25, 0.3) is 0 Å². The van der Waals surface area contributed by atoms with Crippen LogP contribution in [0.5, 0.6) is 5.75 Å². The van der Waals surface area contributed by atoms with E-state index in [1.807, 2.05) is 18.2 Å². The molecule has 0 fully saturated rings. The van der Waals surface area contributed by atoms with Crippen LogP contribution in [0.4, 0.5) is 4.39 Å². The van der Waals surface area contributed by atoms with Crippen LogP contribution in [0.3, 0.4) is 0 Å². The molecule has 0 saturated heterocycles. The second kappa shape index (κ2) is 7.87. The molecule has 1 aliphatic carbocycles. The Labute approximate surface area is 153 Å². The lowest BCUT2D eigenvalue weighted by Gasteiger charge is -2.35. The molecule has 0 heterocycles. The number of carbonyl (C=O) groups is 1. The summed E-state index contributed by atoms with van der Waals surface area (Å²) in [5.41, 5.74) is 1.35. The third-order valence-corrected chi connectivity index (χ3v) is 5.01. The zero-order valence-corrected chi connectivity index (χ0v) is 14.9. The Morgan fingerprint density at radius 1 is 1.31 bits per heavy atom. The van der Waals surface area contributed by atoms with Crippen LogP contribution in [0.1, 0.15) is 36.0 Å². The van der Waals surface area contributed by atoms with Crippen molar-refractivity contribution in [1.29, 1.82) is 0 Å². The van der Waals surface area contributed by atoms with Crippen molar-refractivity contribution >= 4 is 5.91 Å². The van der Waals surface area contributed by atoms with Gasteiger partial charge in [0, 0.05) is 6.42 Å². The monoisotopic (exact) mass is 357 g/mol. The molecule has 3 rings (SSSR count). The van der Waals surface area contributed by atoms with Crippen molar-refractivity contribution in [3.8, 4) is 5.75 Å². The zero-order valence-electron chi connectivity index (χ0n) is 14.9. The summed E-state index contributed by atoms with van der Waals surface area (Å²) in [6.07, 6.45) is 2.86. The Kier molecular flexibility index (Phi) is 5.57. The first-order chi connectivity index (χ1) is 12.5. The molecule has 0 spiro atoms. The van der Waals surface area contributed by atoms with Gasteiger partial charge in [-0.1, -0.05) is 24.3 Å². The second-order valence-corrected chi connectivity index (χ2v) is 6.78.